The summed E-state index contributed by atoms with van der Waals surface area (Å²) in [6.07, 6.45) is 2.49. The number of carbonyl (C=O) groups excluding carboxylic acids is 2. The minimum Gasteiger partial charge on any atom is -0.368 e. The van der Waals surface area contributed by atoms with Gasteiger partial charge in [-0.3, -0.25) is 9.59 Å². The molecule has 5 heteroatoms. The van der Waals surface area contributed by atoms with Gasteiger partial charge < -0.3 is 11.1 Å². The Balaban J connectivity index is 2.69. The molecular weight excluding hydrogens is 248 g/mol. The molecule has 1 atom stereocenters. The molecule has 2 amide bonds. The number of nitrogens with two attached hydrogens (primary N) is 1. The van der Waals surface area contributed by atoms with E-state index in [-0.39, 0.29) is 5.91 Å². The molecule has 3 N–H and O–H groups in total. The Labute approximate surface area is 111 Å². The summed E-state index contributed by atoms with van der Waals surface area (Å²) in [6.45, 7) is 1.91. The molecule has 18 heavy (non-hydrogen) atoms. The van der Waals surface area contributed by atoms with E-state index in [0.29, 0.717) is 12.0 Å². The zero-order chi connectivity index (χ0) is 13.5. The van der Waals surface area contributed by atoms with Crippen molar-refractivity contribution >= 4 is 23.6 Å². The normalized spacial score (nSPS) is 11.9. The van der Waals surface area contributed by atoms with E-state index in [1.165, 1.54) is 0 Å². The lowest BCUT2D eigenvalue weighted by Gasteiger charge is -2.15. The van der Waals surface area contributed by atoms with E-state index < -0.39 is 11.9 Å². The van der Waals surface area contributed by atoms with Gasteiger partial charge in [0.15, 0.2) is 0 Å². The molecular formula is C13H18N2O2S. The van der Waals surface area contributed by atoms with E-state index in [4.69, 9.17) is 5.73 Å². The van der Waals surface area contributed by atoms with Crippen LogP contribution >= 0.6 is 11.8 Å². The zero-order valence-corrected chi connectivity index (χ0v) is 11.4. The van der Waals surface area contributed by atoms with Crippen molar-refractivity contribution in [1.29, 1.82) is 0 Å². The van der Waals surface area contributed by atoms with E-state index in [1.807, 2.05) is 25.3 Å². The van der Waals surface area contributed by atoms with Crippen LogP contribution in [0.25, 0.3) is 0 Å². The summed E-state index contributed by atoms with van der Waals surface area (Å²) < 4.78 is 0. The number of primary amides is 1. The third-order valence-electron chi connectivity index (χ3n) is 2.54. The van der Waals surface area contributed by atoms with E-state index in [1.54, 1.807) is 23.9 Å². The standard InChI is InChI=1S/C13H18N2O2S/c1-9-4-3-5-10(8-9)13(17)15-11(12(14)16)6-7-18-2/h3-5,8,11H,6-7H2,1-2H3,(H2,14,16)(H,15,17)/t11-/m1/s1. The maximum atomic E-state index is 11.9. The van der Waals surface area contributed by atoms with Gasteiger partial charge in [-0.15, -0.1) is 0 Å². The molecule has 1 rings (SSSR count). The molecule has 0 saturated carbocycles. The first-order valence-corrected chi connectivity index (χ1v) is 7.09. The van der Waals surface area contributed by atoms with Crippen LogP contribution in [0.2, 0.25) is 0 Å². The second-order valence-corrected chi connectivity index (χ2v) is 5.06. The molecule has 0 aliphatic rings. The molecule has 0 bridgehead atoms. The number of benzene rings is 1. The molecule has 0 spiro atoms. The third kappa shape index (κ3) is 4.41. The van der Waals surface area contributed by atoms with Gasteiger partial charge in [-0.25, -0.2) is 0 Å². The van der Waals surface area contributed by atoms with Crippen molar-refractivity contribution in [1.82, 2.24) is 5.32 Å². The topological polar surface area (TPSA) is 72.2 Å². The van der Waals surface area contributed by atoms with Gasteiger partial charge in [0, 0.05) is 5.56 Å². The van der Waals surface area contributed by atoms with Crippen molar-refractivity contribution in [3.63, 3.8) is 0 Å². The summed E-state index contributed by atoms with van der Waals surface area (Å²) >= 11 is 1.61. The number of hydrogen-bond acceptors (Lipinski definition) is 3. The van der Waals surface area contributed by atoms with Crippen LogP contribution in [-0.4, -0.2) is 29.9 Å². The summed E-state index contributed by atoms with van der Waals surface area (Å²) in [5, 5.41) is 2.67. The summed E-state index contributed by atoms with van der Waals surface area (Å²) in [5.74, 6) is 0.0236. The highest BCUT2D eigenvalue weighted by Gasteiger charge is 2.18. The first-order chi connectivity index (χ1) is 8.54. The Morgan fingerprint density at radius 1 is 1.44 bits per heavy atom. The summed E-state index contributed by atoms with van der Waals surface area (Å²) in [4.78, 5) is 23.2. The van der Waals surface area contributed by atoms with E-state index in [9.17, 15) is 9.59 Å². The van der Waals surface area contributed by atoms with Gasteiger partial charge in [-0.1, -0.05) is 17.7 Å². The minimum atomic E-state index is -0.606. The summed E-state index contributed by atoms with van der Waals surface area (Å²) in [6, 6.07) is 6.61. The highest BCUT2D eigenvalue weighted by molar-refractivity contribution is 7.98. The van der Waals surface area contributed by atoms with Crippen LogP contribution in [0, 0.1) is 6.92 Å². The SMILES string of the molecule is CSCC[C@@H](NC(=O)c1cccc(C)c1)C(N)=O. The van der Waals surface area contributed by atoms with Gasteiger partial charge >= 0.3 is 0 Å². The second kappa shape index (κ2) is 7.06. The van der Waals surface area contributed by atoms with Crippen LogP contribution in [0.15, 0.2) is 24.3 Å². The molecule has 0 heterocycles. The van der Waals surface area contributed by atoms with Crippen LogP contribution in [0.1, 0.15) is 22.3 Å². The first kappa shape index (κ1) is 14.6. The molecule has 0 aliphatic heterocycles. The number of thioether (sulfide) groups is 1. The van der Waals surface area contributed by atoms with Crippen LogP contribution < -0.4 is 11.1 Å². The molecule has 98 valence electrons. The average molecular weight is 266 g/mol. The van der Waals surface area contributed by atoms with Crippen molar-refractivity contribution in [3.8, 4) is 0 Å². The van der Waals surface area contributed by atoms with E-state index in [2.05, 4.69) is 5.32 Å². The Bertz CT molecular complexity index is 435. The van der Waals surface area contributed by atoms with Crippen molar-refractivity contribution < 1.29 is 9.59 Å². The van der Waals surface area contributed by atoms with Crippen LogP contribution in [0.3, 0.4) is 0 Å². The monoisotopic (exact) mass is 266 g/mol. The fourth-order valence-corrected chi connectivity index (χ4v) is 2.02. The molecule has 0 unspecified atom stereocenters. The van der Waals surface area contributed by atoms with Gasteiger partial charge in [-0.2, -0.15) is 11.8 Å². The highest BCUT2D eigenvalue weighted by Crippen LogP contribution is 2.06. The van der Waals surface area contributed by atoms with E-state index in [0.717, 1.165) is 11.3 Å². The number of aryl methyl sites for hydroxylation is 1. The molecule has 0 radical (unpaired) electrons. The molecule has 1 aromatic carbocycles. The molecule has 4 nitrogen and oxygen atoms in total. The van der Waals surface area contributed by atoms with Gasteiger partial charge in [-0.05, 0) is 37.5 Å². The lowest BCUT2D eigenvalue weighted by molar-refractivity contribution is -0.119. The summed E-state index contributed by atoms with van der Waals surface area (Å²) in [5.41, 5.74) is 6.82. The Hall–Kier alpha value is -1.49. The van der Waals surface area contributed by atoms with Crippen molar-refractivity contribution in [2.75, 3.05) is 12.0 Å². The fourth-order valence-electron chi connectivity index (χ4n) is 1.55. The summed E-state index contributed by atoms with van der Waals surface area (Å²) in [7, 11) is 0. The smallest absolute Gasteiger partial charge is 0.251 e. The second-order valence-electron chi connectivity index (χ2n) is 4.08. The predicted octanol–water partition coefficient (Wildman–Crippen LogP) is 1.33. The largest absolute Gasteiger partial charge is 0.368 e. The quantitative estimate of drug-likeness (QED) is 0.816. The maximum Gasteiger partial charge on any atom is 0.251 e. The van der Waals surface area contributed by atoms with E-state index >= 15 is 0 Å². The Morgan fingerprint density at radius 2 is 2.17 bits per heavy atom. The number of carbonyl (C=O) groups is 2. The highest BCUT2D eigenvalue weighted by atomic mass is 32.2. The number of nitrogens with one attached hydrogen (secondary N) is 1. The lowest BCUT2D eigenvalue weighted by Crippen LogP contribution is -2.44. The molecule has 0 aliphatic carbocycles. The van der Waals surface area contributed by atoms with Gasteiger partial charge in [0.2, 0.25) is 5.91 Å². The number of rotatable bonds is 6. The molecule has 0 aromatic heterocycles. The van der Waals surface area contributed by atoms with Crippen molar-refractivity contribution in [2.24, 2.45) is 5.73 Å². The fraction of sp³-hybridized carbons (Fsp3) is 0.385. The molecule has 1 aromatic rings. The Morgan fingerprint density at radius 3 is 2.72 bits per heavy atom. The van der Waals surface area contributed by atoms with Crippen LogP contribution in [0.4, 0.5) is 0 Å². The van der Waals surface area contributed by atoms with Crippen molar-refractivity contribution in [3.05, 3.63) is 35.4 Å². The predicted molar refractivity (Wildman–Crippen MR) is 74.6 cm³/mol. The zero-order valence-electron chi connectivity index (χ0n) is 10.6. The van der Waals surface area contributed by atoms with Crippen LogP contribution in [-0.2, 0) is 4.79 Å². The number of amides is 2. The van der Waals surface area contributed by atoms with Gasteiger partial charge in [0.25, 0.3) is 5.91 Å². The lowest BCUT2D eigenvalue weighted by atomic mass is 10.1. The first-order valence-electron chi connectivity index (χ1n) is 5.70. The molecule has 0 saturated heterocycles. The maximum absolute atomic E-state index is 11.9. The van der Waals surface area contributed by atoms with Crippen LogP contribution in [0.5, 0.6) is 0 Å². The average Bonchev–Trinajstić information content (AvgIpc) is 2.33. The van der Waals surface area contributed by atoms with Crippen molar-refractivity contribution in [2.45, 2.75) is 19.4 Å². The Kier molecular flexibility index (Phi) is 5.71. The number of hydrogen-bond donors (Lipinski definition) is 2. The van der Waals surface area contributed by atoms with Gasteiger partial charge in [0.05, 0.1) is 0 Å². The molecule has 0 fully saturated rings. The van der Waals surface area contributed by atoms with Gasteiger partial charge in [0.1, 0.15) is 6.04 Å². The third-order valence-corrected chi connectivity index (χ3v) is 3.18. The minimum absolute atomic E-state index is 0.261.